The highest BCUT2D eigenvalue weighted by molar-refractivity contribution is 6.00. The molecule has 3 N–H and O–H groups in total. The van der Waals surface area contributed by atoms with Gasteiger partial charge in [0.05, 0.1) is 34.0 Å². The van der Waals surface area contributed by atoms with E-state index in [1.807, 2.05) is 0 Å². The van der Waals surface area contributed by atoms with Gasteiger partial charge in [0.1, 0.15) is 0 Å². The van der Waals surface area contributed by atoms with Crippen molar-refractivity contribution in [3.8, 4) is 0 Å². The second kappa shape index (κ2) is 11.7. The maximum atomic E-state index is 7.27. The van der Waals surface area contributed by atoms with Crippen LogP contribution in [0.3, 0.4) is 0 Å². The van der Waals surface area contributed by atoms with Crippen molar-refractivity contribution in [2.75, 3.05) is 5.73 Å². The fourth-order valence-corrected chi connectivity index (χ4v) is 7.28. The molecule has 0 unspecified atom stereocenters. The Kier molecular flexibility index (Phi) is 8.26. The molecule has 5 heterocycles. The highest BCUT2D eigenvalue weighted by Gasteiger charge is 2.26. The lowest BCUT2D eigenvalue weighted by atomic mass is 9.95. The van der Waals surface area contributed by atoms with Crippen LogP contribution < -0.4 is 5.73 Å². The molecule has 2 aliphatic rings. The number of fused-ring (bicyclic) bond motifs is 8. The number of aromatic amines is 1. The Hall–Kier alpha value is -3.60. The summed E-state index contributed by atoms with van der Waals surface area (Å²) in [6.07, 6.45) is 10.8. The number of nitrogens with zero attached hydrogens (tertiary/aromatic N) is 3. The van der Waals surface area contributed by atoms with Crippen molar-refractivity contribution in [1.82, 2.24) is 19.5 Å². The molecule has 8 bridgehead atoms. The number of rotatable bonds is 8. The average Bonchev–Trinajstić information content (AvgIpc) is 3.74. The fourth-order valence-electron chi connectivity index (χ4n) is 7.28. The molecule has 2 aliphatic heterocycles. The Labute approximate surface area is 245 Å². The Balaban J connectivity index is 2.13. The van der Waals surface area contributed by atoms with E-state index >= 15 is 0 Å². The predicted octanol–water partition coefficient (Wildman–Crippen LogP) is 9.10. The summed E-state index contributed by atoms with van der Waals surface area (Å²) in [4.78, 5) is 14.4. The van der Waals surface area contributed by atoms with Crippen molar-refractivity contribution >= 4 is 51.1 Å². The van der Waals surface area contributed by atoms with Crippen LogP contribution in [0.4, 0.5) is 5.69 Å². The average molecular weight is 550 g/mol. The minimum atomic E-state index is 0.806. The first-order chi connectivity index (χ1) is 19.9. The van der Waals surface area contributed by atoms with Gasteiger partial charge in [0.15, 0.2) is 0 Å². The molecule has 216 valence electrons. The third kappa shape index (κ3) is 4.54. The number of nitrogen functional groups attached to an aromatic ring is 1. The Morgan fingerprint density at radius 3 is 1.78 bits per heavy atom. The Bertz CT molecular complexity index is 1720. The lowest BCUT2D eigenvalue weighted by Crippen LogP contribution is -2.01. The van der Waals surface area contributed by atoms with Crippen molar-refractivity contribution in [3.63, 3.8) is 0 Å². The number of aryl methyl sites for hydroxylation is 6. The number of aromatic nitrogens is 4. The van der Waals surface area contributed by atoms with E-state index in [9.17, 15) is 0 Å². The Morgan fingerprint density at radius 2 is 1.22 bits per heavy atom. The van der Waals surface area contributed by atoms with Gasteiger partial charge in [-0.15, -0.1) is 0 Å². The van der Waals surface area contributed by atoms with Gasteiger partial charge in [-0.2, -0.15) is 0 Å². The summed E-state index contributed by atoms with van der Waals surface area (Å²) in [5.74, 6) is 0. The summed E-state index contributed by atoms with van der Waals surface area (Å²) in [6.45, 7) is 18.8. The summed E-state index contributed by atoms with van der Waals surface area (Å²) >= 11 is 0. The van der Waals surface area contributed by atoms with E-state index in [4.69, 9.17) is 15.7 Å². The third-order valence-corrected chi connectivity index (χ3v) is 9.08. The molecular formula is C36H47N5. The van der Waals surface area contributed by atoms with E-state index < -0.39 is 0 Å². The van der Waals surface area contributed by atoms with Gasteiger partial charge in [0.25, 0.3) is 0 Å². The topological polar surface area (TPSA) is 72.5 Å². The number of anilines is 1. The van der Waals surface area contributed by atoms with Crippen LogP contribution in [-0.2, 0) is 38.6 Å². The van der Waals surface area contributed by atoms with Crippen molar-refractivity contribution in [2.45, 2.75) is 107 Å². The van der Waals surface area contributed by atoms with Crippen LogP contribution in [0.15, 0.2) is 12.1 Å². The van der Waals surface area contributed by atoms with Crippen LogP contribution >= 0.6 is 0 Å². The first-order valence-corrected chi connectivity index (χ1v) is 15.9. The first-order valence-electron chi connectivity index (χ1n) is 15.9. The van der Waals surface area contributed by atoms with Gasteiger partial charge in [-0.3, -0.25) is 0 Å². The minimum absolute atomic E-state index is 0.806. The van der Waals surface area contributed by atoms with Crippen LogP contribution in [0, 0.1) is 0 Å². The molecule has 5 heteroatoms. The highest BCUT2D eigenvalue weighted by atomic mass is 15.0. The minimum Gasteiger partial charge on any atom is -0.395 e. The molecule has 0 aliphatic carbocycles. The monoisotopic (exact) mass is 549 g/mol. The maximum absolute atomic E-state index is 7.27. The third-order valence-electron chi connectivity index (χ3n) is 9.08. The molecule has 5 rings (SSSR count). The maximum Gasteiger partial charge on any atom is 0.0923 e. The van der Waals surface area contributed by atoms with Gasteiger partial charge in [-0.25, -0.2) is 9.97 Å². The van der Waals surface area contributed by atoms with E-state index in [2.05, 4.69) is 89.2 Å². The van der Waals surface area contributed by atoms with Crippen molar-refractivity contribution in [2.24, 2.45) is 0 Å². The molecule has 0 amide bonds. The van der Waals surface area contributed by atoms with Crippen molar-refractivity contribution in [3.05, 3.63) is 62.7 Å². The zero-order chi connectivity index (χ0) is 29.4. The number of nitrogens with one attached hydrogen (secondary N) is 1. The summed E-state index contributed by atoms with van der Waals surface area (Å²) in [7, 11) is 0. The summed E-state index contributed by atoms with van der Waals surface area (Å²) in [6, 6.07) is 4.49. The Morgan fingerprint density at radius 1 is 0.634 bits per heavy atom. The quantitative estimate of drug-likeness (QED) is 0.230. The van der Waals surface area contributed by atoms with E-state index in [0.717, 1.165) is 91.0 Å². The van der Waals surface area contributed by atoms with Gasteiger partial charge in [-0.1, -0.05) is 48.5 Å². The van der Waals surface area contributed by atoms with E-state index in [1.165, 1.54) is 50.0 Å². The van der Waals surface area contributed by atoms with E-state index in [-0.39, 0.29) is 0 Å². The molecule has 0 radical (unpaired) electrons. The summed E-state index contributed by atoms with van der Waals surface area (Å²) < 4.78 is 2.40. The van der Waals surface area contributed by atoms with E-state index in [1.54, 1.807) is 0 Å². The lowest BCUT2D eigenvalue weighted by Gasteiger charge is -2.10. The normalized spacial score (nSPS) is 13.1. The van der Waals surface area contributed by atoms with Crippen LogP contribution in [0.1, 0.15) is 119 Å². The second-order valence-electron chi connectivity index (χ2n) is 11.0. The molecule has 0 saturated heterocycles. The lowest BCUT2D eigenvalue weighted by molar-refractivity contribution is 0.822. The second-order valence-corrected chi connectivity index (χ2v) is 11.0. The van der Waals surface area contributed by atoms with Gasteiger partial charge in [-0.05, 0) is 110 Å². The molecule has 0 atom stereocenters. The number of hydrogen-bond donors (Lipinski definition) is 2. The van der Waals surface area contributed by atoms with Crippen LogP contribution in [-0.4, -0.2) is 19.5 Å². The SMILES string of the molecule is CCC1=C(CC)c2nc1c(CC)c1[nH]c(cc3nc(cc4c(CC)c(CC)c(c2N)n4CC)C=C3)c(CC)c1CC. The standard InChI is InChI=1S/C36H47N5/c1-9-23-25(11-3)33-29(15-7)34-26(12-4)27(13-5)35(40-34)32(37)36-28(14-6)24(10-2)31(41(36)16-8)20-22-18-17-21(38-22)19-30(23)39-33/h17-20,39H,9-16,37H2,1-8H3. The summed E-state index contributed by atoms with van der Waals surface area (Å²) in [5.41, 5.74) is 26.2. The molecule has 0 aromatic carbocycles. The molecule has 0 fully saturated rings. The fraction of sp³-hybridized carbons (Fsp3) is 0.444. The molecule has 3 aromatic heterocycles. The van der Waals surface area contributed by atoms with E-state index in [0.29, 0.717) is 0 Å². The van der Waals surface area contributed by atoms with Gasteiger partial charge < -0.3 is 15.3 Å². The zero-order valence-electron chi connectivity index (χ0n) is 26.4. The first kappa shape index (κ1) is 28.9. The number of H-pyrrole nitrogens is 1. The summed E-state index contributed by atoms with van der Waals surface area (Å²) in [5, 5.41) is 0. The number of nitrogens with two attached hydrogens (primary N) is 1. The smallest absolute Gasteiger partial charge is 0.0923 e. The van der Waals surface area contributed by atoms with Gasteiger partial charge in [0, 0.05) is 28.7 Å². The van der Waals surface area contributed by atoms with Gasteiger partial charge >= 0.3 is 0 Å². The van der Waals surface area contributed by atoms with Crippen LogP contribution in [0.2, 0.25) is 0 Å². The number of allylic oxidation sites excluding steroid dienone is 2. The largest absolute Gasteiger partial charge is 0.395 e. The van der Waals surface area contributed by atoms with Crippen LogP contribution in [0.25, 0.3) is 45.4 Å². The number of hydrogen-bond acceptors (Lipinski definition) is 3. The van der Waals surface area contributed by atoms with Crippen molar-refractivity contribution < 1.29 is 0 Å². The van der Waals surface area contributed by atoms with Crippen LogP contribution in [0.5, 0.6) is 0 Å². The molecule has 0 spiro atoms. The molecular weight excluding hydrogens is 502 g/mol. The molecule has 5 nitrogen and oxygen atoms in total. The molecule has 3 aromatic rings. The molecule has 0 saturated carbocycles. The zero-order valence-corrected chi connectivity index (χ0v) is 26.4. The predicted molar refractivity (Wildman–Crippen MR) is 178 cm³/mol. The highest BCUT2D eigenvalue weighted by Crippen LogP contribution is 2.42. The molecule has 41 heavy (non-hydrogen) atoms. The van der Waals surface area contributed by atoms with Gasteiger partial charge in [0.2, 0.25) is 0 Å². The van der Waals surface area contributed by atoms with Crippen molar-refractivity contribution in [1.29, 1.82) is 0 Å².